The molecule has 0 bridgehead atoms. The van der Waals surface area contributed by atoms with Gasteiger partial charge in [0.25, 0.3) is 0 Å². The molecule has 0 heterocycles. The summed E-state index contributed by atoms with van der Waals surface area (Å²) in [5.41, 5.74) is 0. The lowest BCUT2D eigenvalue weighted by Gasteiger charge is -1.98. The molecule has 6 heteroatoms. The normalized spacial score (nSPS) is 9.57. The van der Waals surface area contributed by atoms with Gasteiger partial charge in [0.15, 0.2) is 0 Å². The van der Waals surface area contributed by atoms with Crippen LogP contribution in [0.2, 0.25) is 0 Å². The second-order valence-corrected chi connectivity index (χ2v) is 4.91. The molecule has 3 N–H and O–H groups in total. The van der Waals surface area contributed by atoms with Gasteiger partial charge in [0.05, 0.1) is 0 Å². The van der Waals surface area contributed by atoms with Gasteiger partial charge >= 0.3 is 17.9 Å². The number of hydrogen-bond donors (Lipinski definition) is 3. The van der Waals surface area contributed by atoms with Gasteiger partial charge in [-0.3, -0.25) is 14.4 Å². The summed E-state index contributed by atoms with van der Waals surface area (Å²) >= 11 is 0. The van der Waals surface area contributed by atoms with Crippen LogP contribution >= 0.6 is 0 Å². The molecule has 0 fully saturated rings. The molecule has 0 saturated heterocycles. The van der Waals surface area contributed by atoms with E-state index in [1.807, 2.05) is 6.92 Å². The fourth-order valence-electron chi connectivity index (χ4n) is 1.59. The Labute approximate surface area is 126 Å². The number of rotatable bonds is 12. The van der Waals surface area contributed by atoms with E-state index < -0.39 is 17.9 Å². The molecule has 0 aliphatic heterocycles. The third kappa shape index (κ3) is 27.6. The molecule has 21 heavy (non-hydrogen) atoms. The lowest BCUT2D eigenvalue weighted by Crippen LogP contribution is -1.94. The highest BCUT2D eigenvalue weighted by molar-refractivity contribution is 5.67. The second kappa shape index (κ2) is 16.5. The van der Waals surface area contributed by atoms with Crippen LogP contribution in [0, 0.1) is 0 Å². The maximum Gasteiger partial charge on any atom is 0.303 e. The van der Waals surface area contributed by atoms with Gasteiger partial charge in [0.1, 0.15) is 0 Å². The highest BCUT2D eigenvalue weighted by atomic mass is 16.4. The average Bonchev–Trinajstić information content (AvgIpc) is 2.39. The summed E-state index contributed by atoms with van der Waals surface area (Å²) < 4.78 is 0. The summed E-state index contributed by atoms with van der Waals surface area (Å²) in [6, 6.07) is 0. The van der Waals surface area contributed by atoms with Crippen molar-refractivity contribution in [2.45, 2.75) is 77.6 Å². The monoisotopic (exact) mass is 304 g/mol. The Morgan fingerprint density at radius 1 is 0.571 bits per heavy atom. The van der Waals surface area contributed by atoms with Gasteiger partial charge in [0.2, 0.25) is 0 Å². The Morgan fingerprint density at radius 3 is 1.10 bits per heavy atom. The zero-order chi connectivity index (χ0) is 16.5. The molecule has 0 aromatic heterocycles. The fraction of sp³-hybridized carbons (Fsp3) is 0.800. The van der Waals surface area contributed by atoms with Crippen LogP contribution < -0.4 is 0 Å². The van der Waals surface area contributed by atoms with Gasteiger partial charge in [-0.1, -0.05) is 39.0 Å². The second-order valence-electron chi connectivity index (χ2n) is 4.91. The molecule has 0 aromatic carbocycles. The third-order valence-electron chi connectivity index (χ3n) is 2.78. The first-order valence-corrected chi connectivity index (χ1v) is 7.55. The molecule has 0 aromatic rings. The molecule has 0 aliphatic rings. The minimum Gasteiger partial charge on any atom is -0.481 e. The van der Waals surface area contributed by atoms with Gasteiger partial charge < -0.3 is 15.3 Å². The van der Waals surface area contributed by atoms with Crippen molar-refractivity contribution in [1.29, 1.82) is 0 Å². The molecule has 0 saturated carbocycles. The van der Waals surface area contributed by atoms with Crippen molar-refractivity contribution in [3.8, 4) is 0 Å². The van der Waals surface area contributed by atoms with E-state index >= 15 is 0 Å². The number of carboxylic acids is 3. The first-order chi connectivity index (χ1) is 9.90. The van der Waals surface area contributed by atoms with Crippen molar-refractivity contribution in [1.82, 2.24) is 0 Å². The largest absolute Gasteiger partial charge is 0.481 e. The zero-order valence-corrected chi connectivity index (χ0v) is 12.8. The summed E-state index contributed by atoms with van der Waals surface area (Å²) in [5.74, 6) is -2.17. The highest BCUT2D eigenvalue weighted by Gasteiger charge is 1.98. The first-order valence-electron chi connectivity index (χ1n) is 7.55. The van der Waals surface area contributed by atoms with Crippen molar-refractivity contribution >= 4 is 17.9 Å². The summed E-state index contributed by atoms with van der Waals surface area (Å²) in [7, 11) is 0. The average molecular weight is 304 g/mol. The van der Waals surface area contributed by atoms with E-state index in [-0.39, 0.29) is 12.8 Å². The summed E-state index contributed by atoms with van der Waals surface area (Å²) in [6.45, 7) is 1.98. The molecular formula is C15H28O6. The van der Waals surface area contributed by atoms with E-state index in [0.29, 0.717) is 6.42 Å². The summed E-state index contributed by atoms with van der Waals surface area (Å²) in [4.78, 5) is 30.0. The highest BCUT2D eigenvalue weighted by Crippen LogP contribution is 2.08. The van der Waals surface area contributed by atoms with Crippen LogP contribution in [-0.2, 0) is 14.4 Å². The molecule has 0 radical (unpaired) electrons. The molecule has 0 rings (SSSR count). The quantitative estimate of drug-likeness (QED) is 0.475. The number of aliphatic carboxylic acids is 3. The van der Waals surface area contributed by atoms with Gasteiger partial charge in [-0.15, -0.1) is 0 Å². The molecule has 0 spiro atoms. The van der Waals surface area contributed by atoms with E-state index in [4.69, 9.17) is 15.3 Å². The predicted octanol–water partition coefficient (Wildman–Crippen LogP) is 3.54. The van der Waals surface area contributed by atoms with Crippen LogP contribution in [0.15, 0.2) is 0 Å². The number of carbonyl (C=O) groups is 3. The maximum absolute atomic E-state index is 10.1. The lowest BCUT2D eigenvalue weighted by atomic mass is 10.1. The van der Waals surface area contributed by atoms with E-state index in [1.54, 1.807) is 0 Å². The van der Waals surface area contributed by atoms with Crippen molar-refractivity contribution in [2.75, 3.05) is 0 Å². The minimum atomic E-state index is -0.740. The number of carboxylic acid groups (broad SMARTS) is 3. The number of unbranched alkanes of at least 4 members (excludes halogenated alkanes) is 6. The molecule has 0 atom stereocenters. The van der Waals surface area contributed by atoms with E-state index in [9.17, 15) is 14.4 Å². The molecule has 124 valence electrons. The third-order valence-corrected chi connectivity index (χ3v) is 2.78. The van der Waals surface area contributed by atoms with Crippen LogP contribution in [0.3, 0.4) is 0 Å². The fourth-order valence-corrected chi connectivity index (χ4v) is 1.59. The Bertz CT molecular complexity index is 268. The van der Waals surface area contributed by atoms with Gasteiger partial charge in [-0.05, 0) is 19.3 Å². The lowest BCUT2D eigenvalue weighted by molar-refractivity contribution is -0.138. The molecule has 6 nitrogen and oxygen atoms in total. The topological polar surface area (TPSA) is 112 Å². The van der Waals surface area contributed by atoms with Crippen LogP contribution in [0.1, 0.15) is 77.6 Å². The van der Waals surface area contributed by atoms with Crippen molar-refractivity contribution in [2.24, 2.45) is 0 Å². The summed E-state index contributed by atoms with van der Waals surface area (Å²) in [6.07, 6.45) is 7.91. The van der Waals surface area contributed by atoms with Crippen LogP contribution in [0.25, 0.3) is 0 Å². The predicted molar refractivity (Wildman–Crippen MR) is 79.4 cm³/mol. The smallest absolute Gasteiger partial charge is 0.303 e. The van der Waals surface area contributed by atoms with Gasteiger partial charge in [-0.2, -0.15) is 0 Å². The Balaban J connectivity index is 0. The van der Waals surface area contributed by atoms with Crippen molar-refractivity contribution in [3.63, 3.8) is 0 Å². The van der Waals surface area contributed by atoms with Crippen LogP contribution in [0.4, 0.5) is 0 Å². The zero-order valence-electron chi connectivity index (χ0n) is 12.8. The minimum absolute atomic E-state index is 0.245. The molecule has 0 amide bonds. The molecule has 0 aliphatic carbocycles. The maximum atomic E-state index is 10.1. The van der Waals surface area contributed by atoms with E-state index in [1.165, 1.54) is 0 Å². The SMILES string of the molecule is CCCCC(=O)O.O=C(O)CCCCCCCCC(=O)O. The van der Waals surface area contributed by atoms with Crippen molar-refractivity contribution in [3.05, 3.63) is 0 Å². The Kier molecular flexibility index (Phi) is 17.0. The molecule has 0 unspecified atom stereocenters. The first kappa shape index (κ1) is 21.7. The number of hydrogen-bond acceptors (Lipinski definition) is 3. The Morgan fingerprint density at radius 2 is 0.857 bits per heavy atom. The van der Waals surface area contributed by atoms with Gasteiger partial charge in [0, 0.05) is 19.3 Å². The van der Waals surface area contributed by atoms with Crippen molar-refractivity contribution < 1.29 is 29.7 Å². The van der Waals surface area contributed by atoms with E-state index in [2.05, 4.69) is 0 Å². The van der Waals surface area contributed by atoms with Gasteiger partial charge in [-0.25, -0.2) is 0 Å². The van der Waals surface area contributed by atoms with Crippen LogP contribution in [-0.4, -0.2) is 33.2 Å². The van der Waals surface area contributed by atoms with E-state index in [0.717, 1.165) is 51.4 Å². The Hall–Kier alpha value is -1.59. The summed E-state index contributed by atoms with van der Waals surface area (Å²) in [5, 5.41) is 24.7. The van der Waals surface area contributed by atoms with Crippen LogP contribution in [0.5, 0.6) is 0 Å². The molecular weight excluding hydrogens is 276 g/mol. The standard InChI is InChI=1S/C10H18O4.C5H10O2/c11-9(12)7-5-3-1-2-4-6-8-10(13)14;1-2-3-4-5(6)7/h1-8H2,(H,11,12)(H,13,14);2-4H2,1H3,(H,6,7).